The number of rotatable bonds is 6. The minimum absolute atomic E-state index is 0.0430. The molecule has 0 aliphatic carbocycles. The molecular weight excluding hydrogens is 252 g/mol. The van der Waals surface area contributed by atoms with Crippen molar-refractivity contribution >= 4 is 5.91 Å². The molecule has 1 amide bonds. The smallest absolute Gasteiger partial charge is 0.234 e. The Morgan fingerprint density at radius 2 is 2.20 bits per heavy atom. The second-order valence-corrected chi connectivity index (χ2v) is 5.50. The van der Waals surface area contributed by atoms with Gasteiger partial charge in [0.2, 0.25) is 5.91 Å². The Morgan fingerprint density at radius 1 is 1.45 bits per heavy atom. The average molecular weight is 276 g/mol. The SMILES string of the molecule is CCCC(NC(=O)CN1CC[C@H](O)C1)c1ccccc1. The number of hydrogen-bond donors (Lipinski definition) is 2. The molecule has 1 unspecified atom stereocenters. The van der Waals surface area contributed by atoms with Crippen molar-refractivity contribution in [2.45, 2.75) is 38.3 Å². The summed E-state index contributed by atoms with van der Waals surface area (Å²) >= 11 is 0. The molecule has 1 fully saturated rings. The molecule has 1 heterocycles. The molecule has 2 atom stereocenters. The molecule has 2 rings (SSSR count). The Labute approximate surface area is 120 Å². The van der Waals surface area contributed by atoms with Gasteiger partial charge in [-0.1, -0.05) is 43.7 Å². The molecule has 1 aliphatic heterocycles. The van der Waals surface area contributed by atoms with E-state index >= 15 is 0 Å². The molecule has 1 aromatic carbocycles. The number of β-amino-alcohol motifs (C(OH)–C–C–N with tert-alkyl or cyclic N) is 1. The van der Waals surface area contributed by atoms with E-state index in [0.717, 1.165) is 31.4 Å². The van der Waals surface area contributed by atoms with E-state index in [9.17, 15) is 9.90 Å². The first-order valence-corrected chi connectivity index (χ1v) is 7.43. The van der Waals surface area contributed by atoms with Gasteiger partial charge in [0, 0.05) is 13.1 Å². The monoisotopic (exact) mass is 276 g/mol. The fourth-order valence-corrected chi connectivity index (χ4v) is 2.70. The number of nitrogens with zero attached hydrogens (tertiary/aromatic N) is 1. The molecule has 110 valence electrons. The van der Waals surface area contributed by atoms with Crippen LogP contribution in [0.25, 0.3) is 0 Å². The fourth-order valence-electron chi connectivity index (χ4n) is 2.70. The summed E-state index contributed by atoms with van der Waals surface area (Å²) in [5.41, 5.74) is 1.16. The molecule has 4 heteroatoms. The molecule has 0 aromatic heterocycles. The van der Waals surface area contributed by atoms with Crippen LogP contribution in [0, 0.1) is 0 Å². The van der Waals surface area contributed by atoms with E-state index in [1.807, 2.05) is 23.1 Å². The van der Waals surface area contributed by atoms with Gasteiger partial charge in [0.15, 0.2) is 0 Å². The molecule has 0 radical (unpaired) electrons. The van der Waals surface area contributed by atoms with E-state index in [4.69, 9.17) is 0 Å². The molecule has 0 saturated carbocycles. The van der Waals surface area contributed by atoms with E-state index in [-0.39, 0.29) is 18.1 Å². The predicted molar refractivity (Wildman–Crippen MR) is 79.3 cm³/mol. The van der Waals surface area contributed by atoms with Gasteiger partial charge >= 0.3 is 0 Å². The summed E-state index contributed by atoms with van der Waals surface area (Å²) in [6.07, 6.45) is 2.47. The summed E-state index contributed by atoms with van der Waals surface area (Å²) in [5, 5.41) is 12.6. The highest BCUT2D eigenvalue weighted by molar-refractivity contribution is 5.78. The Balaban J connectivity index is 1.89. The maximum absolute atomic E-state index is 12.1. The van der Waals surface area contributed by atoms with Gasteiger partial charge in [0.05, 0.1) is 18.7 Å². The van der Waals surface area contributed by atoms with E-state index in [1.54, 1.807) is 0 Å². The topological polar surface area (TPSA) is 52.6 Å². The van der Waals surface area contributed by atoms with Crippen LogP contribution in [0.2, 0.25) is 0 Å². The van der Waals surface area contributed by atoms with Crippen LogP contribution in [0.1, 0.15) is 37.8 Å². The van der Waals surface area contributed by atoms with Crippen molar-refractivity contribution in [1.29, 1.82) is 0 Å². The highest BCUT2D eigenvalue weighted by Gasteiger charge is 2.23. The van der Waals surface area contributed by atoms with Crippen LogP contribution >= 0.6 is 0 Å². The molecule has 1 aromatic rings. The van der Waals surface area contributed by atoms with Crippen LogP contribution in [-0.2, 0) is 4.79 Å². The van der Waals surface area contributed by atoms with Crippen LogP contribution in [-0.4, -0.2) is 41.7 Å². The lowest BCUT2D eigenvalue weighted by atomic mass is 10.0. The van der Waals surface area contributed by atoms with Crippen LogP contribution in [0.3, 0.4) is 0 Å². The van der Waals surface area contributed by atoms with Gasteiger partial charge < -0.3 is 10.4 Å². The van der Waals surface area contributed by atoms with Crippen LogP contribution < -0.4 is 5.32 Å². The molecular formula is C16H24N2O2. The van der Waals surface area contributed by atoms with Crippen molar-refractivity contribution in [3.8, 4) is 0 Å². The zero-order valence-corrected chi connectivity index (χ0v) is 12.1. The number of aliphatic hydroxyl groups excluding tert-OH is 1. The minimum Gasteiger partial charge on any atom is -0.392 e. The molecule has 2 N–H and O–H groups in total. The molecule has 4 nitrogen and oxygen atoms in total. The third-order valence-corrected chi connectivity index (χ3v) is 3.73. The quantitative estimate of drug-likeness (QED) is 0.831. The summed E-state index contributed by atoms with van der Waals surface area (Å²) in [7, 11) is 0. The Morgan fingerprint density at radius 3 is 2.80 bits per heavy atom. The van der Waals surface area contributed by atoms with Crippen LogP contribution in [0.5, 0.6) is 0 Å². The van der Waals surface area contributed by atoms with E-state index in [0.29, 0.717) is 13.1 Å². The van der Waals surface area contributed by atoms with Crippen LogP contribution in [0.15, 0.2) is 30.3 Å². The van der Waals surface area contributed by atoms with Gasteiger partial charge in [0.1, 0.15) is 0 Å². The number of nitrogens with one attached hydrogen (secondary N) is 1. The number of carbonyl (C=O) groups is 1. The van der Waals surface area contributed by atoms with Gasteiger partial charge in [-0.3, -0.25) is 9.69 Å². The largest absolute Gasteiger partial charge is 0.392 e. The highest BCUT2D eigenvalue weighted by atomic mass is 16.3. The van der Waals surface area contributed by atoms with Crippen LogP contribution in [0.4, 0.5) is 0 Å². The Kier molecular flexibility index (Phi) is 5.56. The number of aliphatic hydroxyl groups is 1. The van der Waals surface area contributed by atoms with Gasteiger partial charge in [-0.05, 0) is 18.4 Å². The van der Waals surface area contributed by atoms with Crippen molar-refractivity contribution in [2.24, 2.45) is 0 Å². The highest BCUT2D eigenvalue weighted by Crippen LogP contribution is 2.18. The second kappa shape index (κ2) is 7.41. The average Bonchev–Trinajstić information content (AvgIpc) is 2.84. The summed E-state index contributed by atoms with van der Waals surface area (Å²) in [4.78, 5) is 14.1. The van der Waals surface area contributed by atoms with E-state index < -0.39 is 0 Å². The molecule has 0 spiro atoms. The molecule has 1 saturated heterocycles. The zero-order chi connectivity index (χ0) is 14.4. The summed E-state index contributed by atoms with van der Waals surface area (Å²) in [6.45, 7) is 3.92. The maximum atomic E-state index is 12.1. The molecule has 1 aliphatic rings. The van der Waals surface area contributed by atoms with E-state index in [2.05, 4.69) is 24.4 Å². The first kappa shape index (κ1) is 15.0. The zero-order valence-electron chi connectivity index (χ0n) is 12.1. The number of hydrogen-bond acceptors (Lipinski definition) is 3. The number of benzene rings is 1. The number of likely N-dealkylation sites (tertiary alicyclic amines) is 1. The predicted octanol–water partition coefficient (Wildman–Crippen LogP) is 1.71. The van der Waals surface area contributed by atoms with Crippen molar-refractivity contribution in [2.75, 3.05) is 19.6 Å². The standard InChI is InChI=1S/C16H24N2O2/c1-2-6-15(13-7-4-3-5-8-13)17-16(20)12-18-10-9-14(19)11-18/h3-5,7-8,14-15,19H,2,6,9-12H2,1H3,(H,17,20)/t14-,15?/m0/s1. The van der Waals surface area contributed by atoms with Gasteiger partial charge in [-0.15, -0.1) is 0 Å². The van der Waals surface area contributed by atoms with Crippen molar-refractivity contribution in [1.82, 2.24) is 10.2 Å². The third-order valence-electron chi connectivity index (χ3n) is 3.73. The lowest BCUT2D eigenvalue weighted by molar-refractivity contribution is -0.122. The molecule has 0 bridgehead atoms. The molecule has 20 heavy (non-hydrogen) atoms. The fraction of sp³-hybridized carbons (Fsp3) is 0.562. The summed E-state index contributed by atoms with van der Waals surface area (Å²) in [5.74, 6) is 0.0430. The number of carbonyl (C=O) groups excluding carboxylic acids is 1. The minimum atomic E-state index is -0.275. The normalized spacial score (nSPS) is 20.8. The van der Waals surface area contributed by atoms with Gasteiger partial charge in [0.25, 0.3) is 0 Å². The van der Waals surface area contributed by atoms with Gasteiger partial charge in [-0.25, -0.2) is 0 Å². The Bertz CT molecular complexity index is 422. The van der Waals surface area contributed by atoms with Crippen molar-refractivity contribution < 1.29 is 9.90 Å². The lowest BCUT2D eigenvalue weighted by Gasteiger charge is -2.21. The third kappa shape index (κ3) is 4.32. The maximum Gasteiger partial charge on any atom is 0.234 e. The summed E-state index contributed by atoms with van der Waals surface area (Å²) < 4.78 is 0. The second-order valence-electron chi connectivity index (χ2n) is 5.50. The lowest BCUT2D eigenvalue weighted by Crippen LogP contribution is -2.38. The Hall–Kier alpha value is -1.39. The first-order chi connectivity index (χ1) is 9.69. The van der Waals surface area contributed by atoms with E-state index in [1.165, 1.54) is 0 Å². The first-order valence-electron chi connectivity index (χ1n) is 7.43. The summed E-state index contributed by atoms with van der Waals surface area (Å²) in [6, 6.07) is 10.2. The van der Waals surface area contributed by atoms with Crippen molar-refractivity contribution in [3.63, 3.8) is 0 Å². The van der Waals surface area contributed by atoms with Gasteiger partial charge in [-0.2, -0.15) is 0 Å². The van der Waals surface area contributed by atoms with Crippen molar-refractivity contribution in [3.05, 3.63) is 35.9 Å². The number of amides is 1.